The van der Waals surface area contributed by atoms with Crippen LogP contribution in [0, 0.1) is 13.8 Å². The van der Waals surface area contributed by atoms with Gasteiger partial charge in [-0.2, -0.15) is 5.10 Å². The van der Waals surface area contributed by atoms with Gasteiger partial charge in [0.05, 0.1) is 12.7 Å². The van der Waals surface area contributed by atoms with E-state index in [9.17, 15) is 14.4 Å². The first-order valence-corrected chi connectivity index (χ1v) is 14.2. The number of hydrogen-bond donors (Lipinski definition) is 2. The van der Waals surface area contributed by atoms with Gasteiger partial charge >= 0.3 is 5.97 Å². The number of hydrogen-bond acceptors (Lipinski definition) is 4. The molecule has 3 heterocycles. The summed E-state index contributed by atoms with van der Waals surface area (Å²) in [5.41, 5.74) is 6.03. The molecule has 1 fully saturated rings. The minimum absolute atomic E-state index is 0.0284. The summed E-state index contributed by atoms with van der Waals surface area (Å²) >= 11 is 0. The van der Waals surface area contributed by atoms with E-state index in [1.165, 1.54) is 0 Å². The quantitative estimate of drug-likeness (QED) is 0.274. The molecule has 0 aliphatic carbocycles. The Morgan fingerprint density at radius 2 is 1.80 bits per heavy atom. The second-order valence-electron chi connectivity index (χ2n) is 11.0. The molecule has 2 N–H and O–H groups in total. The third kappa shape index (κ3) is 6.19. The number of para-hydroxylation sites is 1. The van der Waals surface area contributed by atoms with Crippen LogP contribution < -0.4 is 5.32 Å². The van der Waals surface area contributed by atoms with Crippen molar-refractivity contribution in [1.82, 2.24) is 19.2 Å². The molecular formula is C32H37N5O4. The lowest BCUT2D eigenvalue weighted by Gasteiger charge is -2.20. The first-order valence-electron chi connectivity index (χ1n) is 14.2. The van der Waals surface area contributed by atoms with Gasteiger partial charge in [-0.05, 0) is 80.8 Å². The standard InChI is InChI=1S/C32H37N5O4/c1-21-17-33-36(18-21)20-26-10-6-8-24(9-7-11-29(38)39)30(26)34-31(40)23(3)37-19-22(2)27-13-12-25(16-28(27)37)32(41)35-14-4-5-15-35/h6,8,10,12-13,16-19,23H,4-5,7,9,11,14-15,20H2,1-3H3,(H,34,40)(H,38,39). The number of amides is 2. The highest BCUT2D eigenvalue weighted by atomic mass is 16.4. The summed E-state index contributed by atoms with van der Waals surface area (Å²) in [6.07, 6.45) is 8.80. The molecule has 0 radical (unpaired) electrons. The zero-order chi connectivity index (χ0) is 29.1. The molecule has 1 unspecified atom stereocenters. The fourth-order valence-corrected chi connectivity index (χ4v) is 5.65. The van der Waals surface area contributed by atoms with Crippen LogP contribution in [0.5, 0.6) is 0 Å². The topological polar surface area (TPSA) is 109 Å². The minimum atomic E-state index is -0.843. The lowest BCUT2D eigenvalue weighted by Crippen LogP contribution is -2.27. The molecule has 41 heavy (non-hydrogen) atoms. The Bertz CT molecular complexity index is 1590. The first-order chi connectivity index (χ1) is 19.7. The van der Waals surface area contributed by atoms with Crippen LogP contribution in [0.4, 0.5) is 5.69 Å². The molecular weight excluding hydrogens is 518 g/mol. The van der Waals surface area contributed by atoms with Crippen molar-refractivity contribution in [3.05, 3.63) is 82.8 Å². The summed E-state index contributed by atoms with van der Waals surface area (Å²) in [6.45, 7) is 7.87. The predicted molar refractivity (Wildman–Crippen MR) is 158 cm³/mol. The molecule has 0 spiro atoms. The van der Waals surface area contributed by atoms with Crippen LogP contribution in [0.25, 0.3) is 10.9 Å². The van der Waals surface area contributed by atoms with E-state index in [0.29, 0.717) is 30.6 Å². The summed E-state index contributed by atoms with van der Waals surface area (Å²) in [4.78, 5) is 40.0. The van der Waals surface area contributed by atoms with E-state index < -0.39 is 12.0 Å². The molecule has 1 aliphatic heterocycles. The number of aromatic nitrogens is 3. The molecule has 9 nitrogen and oxygen atoms in total. The van der Waals surface area contributed by atoms with Crippen LogP contribution in [0.1, 0.15) is 71.3 Å². The summed E-state index contributed by atoms with van der Waals surface area (Å²) in [7, 11) is 0. The molecule has 1 atom stereocenters. The van der Waals surface area contributed by atoms with Crippen molar-refractivity contribution in [3.8, 4) is 0 Å². The highest BCUT2D eigenvalue weighted by Crippen LogP contribution is 2.29. The number of carboxylic acid groups (broad SMARTS) is 1. The number of benzene rings is 2. The van der Waals surface area contributed by atoms with Gasteiger partial charge in [-0.25, -0.2) is 0 Å². The lowest BCUT2D eigenvalue weighted by atomic mass is 10.0. The Morgan fingerprint density at radius 1 is 1.05 bits per heavy atom. The fourth-order valence-electron chi connectivity index (χ4n) is 5.65. The summed E-state index contributed by atoms with van der Waals surface area (Å²) in [5, 5.41) is 17.7. The number of likely N-dealkylation sites (tertiary alicyclic amines) is 1. The minimum Gasteiger partial charge on any atom is -0.481 e. The van der Waals surface area contributed by atoms with Crippen molar-refractivity contribution in [3.63, 3.8) is 0 Å². The molecule has 214 valence electrons. The molecule has 1 saturated heterocycles. The molecule has 2 aromatic carbocycles. The molecule has 2 amide bonds. The van der Waals surface area contributed by atoms with Gasteiger partial charge in [0, 0.05) is 54.1 Å². The SMILES string of the molecule is Cc1cnn(Cc2cccc(CCCC(=O)O)c2NC(=O)C(C)n2cc(C)c3ccc(C(=O)N4CCCC4)cc32)c1. The Hall–Kier alpha value is -4.40. The zero-order valence-electron chi connectivity index (χ0n) is 23.9. The fraction of sp³-hybridized carbons (Fsp3) is 0.375. The number of rotatable bonds is 10. The second kappa shape index (κ2) is 12.0. The van der Waals surface area contributed by atoms with Gasteiger partial charge in [-0.1, -0.05) is 24.3 Å². The van der Waals surface area contributed by atoms with Crippen molar-refractivity contribution >= 4 is 34.4 Å². The van der Waals surface area contributed by atoms with Crippen LogP contribution in [-0.4, -0.2) is 55.2 Å². The van der Waals surface area contributed by atoms with E-state index in [1.807, 2.05) is 83.7 Å². The van der Waals surface area contributed by atoms with Gasteiger partial charge in [0.25, 0.3) is 5.91 Å². The van der Waals surface area contributed by atoms with E-state index in [1.54, 1.807) is 6.20 Å². The number of anilines is 1. The van der Waals surface area contributed by atoms with Crippen molar-refractivity contribution in [2.75, 3.05) is 18.4 Å². The highest BCUT2D eigenvalue weighted by Gasteiger charge is 2.24. The average Bonchev–Trinajstić information content (AvgIpc) is 3.70. The number of carbonyl (C=O) groups is 3. The van der Waals surface area contributed by atoms with E-state index in [2.05, 4.69) is 10.4 Å². The number of carbonyl (C=O) groups excluding carboxylic acids is 2. The Balaban J connectivity index is 1.44. The molecule has 0 saturated carbocycles. The second-order valence-corrected chi connectivity index (χ2v) is 11.0. The van der Waals surface area contributed by atoms with Gasteiger partial charge in [0.2, 0.25) is 5.91 Å². The normalized spacial score (nSPS) is 14.0. The van der Waals surface area contributed by atoms with Gasteiger partial charge < -0.3 is 19.9 Å². The molecule has 5 rings (SSSR count). The zero-order valence-corrected chi connectivity index (χ0v) is 23.9. The maximum atomic E-state index is 13.8. The third-order valence-electron chi connectivity index (χ3n) is 7.89. The predicted octanol–water partition coefficient (Wildman–Crippen LogP) is 5.35. The third-order valence-corrected chi connectivity index (χ3v) is 7.89. The average molecular weight is 556 g/mol. The summed E-state index contributed by atoms with van der Waals surface area (Å²) in [5.74, 6) is -1.01. The van der Waals surface area contributed by atoms with Crippen molar-refractivity contribution in [1.29, 1.82) is 0 Å². The Morgan fingerprint density at radius 3 is 2.51 bits per heavy atom. The first kappa shape index (κ1) is 28.1. The van der Waals surface area contributed by atoms with Gasteiger partial charge in [-0.3, -0.25) is 19.1 Å². The monoisotopic (exact) mass is 555 g/mol. The summed E-state index contributed by atoms with van der Waals surface area (Å²) in [6, 6.07) is 11.0. The molecule has 0 bridgehead atoms. The maximum absolute atomic E-state index is 13.8. The number of fused-ring (bicyclic) bond motifs is 1. The van der Waals surface area contributed by atoms with E-state index >= 15 is 0 Å². The number of nitrogens with zero attached hydrogens (tertiary/aromatic N) is 4. The van der Waals surface area contributed by atoms with Crippen molar-refractivity contribution < 1.29 is 19.5 Å². The van der Waals surface area contributed by atoms with Gasteiger partial charge in [-0.15, -0.1) is 0 Å². The van der Waals surface area contributed by atoms with Gasteiger partial charge in [0.15, 0.2) is 0 Å². The molecule has 2 aromatic heterocycles. The Labute approximate surface area is 239 Å². The molecule has 4 aromatic rings. The maximum Gasteiger partial charge on any atom is 0.303 e. The Kier molecular flexibility index (Phi) is 8.23. The molecule has 9 heteroatoms. The van der Waals surface area contributed by atoms with Crippen LogP contribution in [0.3, 0.4) is 0 Å². The van der Waals surface area contributed by atoms with Gasteiger partial charge in [0.1, 0.15) is 6.04 Å². The van der Waals surface area contributed by atoms with E-state index in [0.717, 1.165) is 59.1 Å². The van der Waals surface area contributed by atoms with Crippen LogP contribution in [0.15, 0.2) is 55.0 Å². The van der Waals surface area contributed by atoms with Crippen LogP contribution in [0.2, 0.25) is 0 Å². The highest BCUT2D eigenvalue weighted by molar-refractivity contribution is 6.00. The van der Waals surface area contributed by atoms with Crippen molar-refractivity contribution in [2.45, 2.75) is 65.5 Å². The number of carboxylic acids is 1. The van der Waals surface area contributed by atoms with Crippen molar-refractivity contribution in [2.24, 2.45) is 0 Å². The summed E-state index contributed by atoms with van der Waals surface area (Å²) < 4.78 is 3.76. The number of aliphatic carboxylic acids is 1. The van der Waals surface area contributed by atoms with E-state index in [-0.39, 0.29) is 18.2 Å². The number of aryl methyl sites for hydroxylation is 3. The van der Waals surface area contributed by atoms with E-state index in [4.69, 9.17) is 5.11 Å². The largest absolute Gasteiger partial charge is 0.481 e. The van der Waals surface area contributed by atoms with Crippen LogP contribution >= 0.6 is 0 Å². The van der Waals surface area contributed by atoms with Crippen LogP contribution in [-0.2, 0) is 22.6 Å². The smallest absolute Gasteiger partial charge is 0.303 e. The number of nitrogens with one attached hydrogen (secondary N) is 1. The molecule has 1 aliphatic rings. The lowest BCUT2D eigenvalue weighted by molar-refractivity contribution is -0.137.